The Kier molecular flexibility index (Phi) is 30.0. The van der Waals surface area contributed by atoms with Gasteiger partial charge in [0.1, 0.15) is 29.3 Å². The molecule has 4 aromatic heterocycles. The van der Waals surface area contributed by atoms with E-state index in [0.717, 1.165) is 137 Å². The molecule has 0 saturated carbocycles. The van der Waals surface area contributed by atoms with Gasteiger partial charge in [0.2, 0.25) is 29.5 Å². The molecular weight excluding hydrogens is 2210 g/mol. The van der Waals surface area contributed by atoms with Gasteiger partial charge in [-0.2, -0.15) is 0 Å². The minimum Gasteiger partial charge on any atom is -0.476 e. The number of urea groups is 4. The van der Waals surface area contributed by atoms with Crippen molar-refractivity contribution in [2.45, 2.75) is 55.4 Å². The van der Waals surface area contributed by atoms with E-state index in [0.29, 0.717) is 70.1 Å². The molecule has 12 heterocycles. The Balaban J connectivity index is 0.000000132. The Morgan fingerprint density at radius 1 is 0.352 bits per heavy atom. The SMILES string of the molecule is CN1CCN=C1c1ccc2c(c1)CC(=O)N(c1ccc(NC(=O)NS(=O)(=O)c3ccc(Cl)s3)cc1Cl)C2=O.O=C(Nc1ccc(N2C(=O)Cc3c(ccc4c3CCN4)C2=O)c(Cl)c1)NS(=O)(=O)c1ccc(Cl)s1.O=C(Nc1ccc(N2C(=O)Cc3cc(C4=NCCO4)ccc3C2=O)c(Cl)c1)NS(=O)(=O)c1ccc(Cl)s1.O=C(Nc1ccc(N2C(=O)Cc3cc4c(cc3C2=O)CCN4)c(Cl)c1)NS(=O)(=O)c1ccc(Cl)s1. The highest BCUT2D eigenvalue weighted by Crippen LogP contribution is 2.43. The quantitative estimate of drug-likeness (QED) is 0.0357. The lowest BCUT2D eigenvalue weighted by Gasteiger charge is -2.29. The Bertz CT molecular complexity index is 8000. The molecule has 0 bridgehead atoms. The number of sulfonamides is 4. The van der Waals surface area contributed by atoms with Crippen molar-refractivity contribution in [1.29, 1.82) is 0 Å². The number of benzene rings is 8. The van der Waals surface area contributed by atoms with E-state index >= 15 is 0 Å². The molecule has 10 N–H and O–H groups in total. The zero-order chi connectivity index (χ0) is 103. The third-order valence-electron chi connectivity index (χ3n) is 22.6. The number of hydrogen-bond acceptors (Lipinski definition) is 30. The van der Waals surface area contributed by atoms with Crippen LogP contribution in [0.5, 0.6) is 0 Å². The van der Waals surface area contributed by atoms with E-state index in [1.807, 2.05) is 55.1 Å². The number of imide groups is 4. The number of aliphatic imine (C=N–C) groups is 2. The minimum absolute atomic E-state index is 0.00109. The number of likely N-dealkylation sites (N-methyl/N-ethyl adjacent to an activating group) is 1. The molecule has 746 valence electrons. The third-order valence-corrected chi connectivity index (χ3v) is 36.0. The first kappa shape index (κ1) is 103. The molecular formula is C91H67Cl8N17O21S8. The summed E-state index contributed by atoms with van der Waals surface area (Å²) in [6.45, 7) is 4.08. The predicted octanol–water partition coefficient (Wildman–Crippen LogP) is 16.6. The Morgan fingerprint density at radius 2 is 0.703 bits per heavy atom. The Hall–Kier alpha value is -13.1. The second-order valence-electron chi connectivity index (χ2n) is 32.0. The predicted molar refractivity (Wildman–Crippen MR) is 554 cm³/mol. The molecule has 20 rings (SSSR count). The monoisotopic (exact) mass is 2270 g/mol. The molecule has 8 aliphatic heterocycles. The van der Waals surface area contributed by atoms with Crippen molar-refractivity contribution in [1.82, 2.24) is 23.8 Å². The highest BCUT2D eigenvalue weighted by Gasteiger charge is 2.41. The van der Waals surface area contributed by atoms with Crippen LogP contribution in [0.25, 0.3) is 0 Å². The van der Waals surface area contributed by atoms with Crippen LogP contribution in [0.4, 0.5) is 76.1 Å². The number of thiophene rings is 4. The lowest BCUT2D eigenvalue weighted by atomic mass is 9.91. The van der Waals surface area contributed by atoms with Gasteiger partial charge >= 0.3 is 24.1 Å². The van der Waals surface area contributed by atoms with Crippen molar-refractivity contribution in [3.63, 3.8) is 0 Å². The molecule has 0 fully saturated rings. The standard InChI is InChI=1S/C24H19Cl2N5O5S2.C23H16Cl2N4O6S2.2C22H16Cl2N4O5S2/c1-30-9-8-27-22(30)13-2-4-16-14(10-13)11-20(32)31(23(16)33)18-5-3-15(12-17(18)25)28-24(34)29-38(35,36)21-7-6-19(26)37-21;24-16-11-14(27-23(32)28-37(33,34)20-6-5-18(25)36-20)2-4-17(16)29-19(30)10-13-9-12(21-26-7-8-35-21)1-3-15(13)22(29)31;23-15-9-11(26-22(31)27-35(32,33)20-6-5-18(24)34-20)1-4-17(15)28-19(29)10-14-12-7-8-25-16(12)3-2-13(14)21(28)30;23-15-10-13(26-22(31)27-35(32,33)20-4-3-18(24)34-20)1-2-17(15)28-19(29)9-12-8-16-11(5-6-25-16)7-14(12)21(28)30/h2-7,10,12H,8-9,11H2,1H3,(H2,28,29,34);1-6,9,11H,7-8,10H2,(H2,27,28,32);1-6,9,25H,7-8,10H2,(H2,26,27,31);1-4,7-8,10,25H,5-6,9H2,(H2,26,27,31). The zero-order valence-corrected chi connectivity index (χ0v) is 86.4. The van der Waals surface area contributed by atoms with Gasteiger partial charge in [-0.3, -0.25) is 43.3 Å². The maximum Gasteiger partial charge on any atom is 0.333 e. The molecule has 0 spiro atoms. The van der Waals surface area contributed by atoms with Crippen LogP contribution in [0.1, 0.15) is 85.9 Å². The number of amidine groups is 1. The molecule has 0 radical (unpaired) electrons. The van der Waals surface area contributed by atoms with Crippen LogP contribution >= 0.6 is 138 Å². The lowest BCUT2D eigenvalue weighted by molar-refractivity contribution is -0.118. The van der Waals surface area contributed by atoms with Gasteiger partial charge in [-0.1, -0.05) is 98.9 Å². The molecule has 145 heavy (non-hydrogen) atoms. The number of ether oxygens (including phenoxy) is 1. The van der Waals surface area contributed by atoms with Crippen molar-refractivity contribution in [3.8, 4) is 0 Å². The smallest absolute Gasteiger partial charge is 0.333 e. The van der Waals surface area contributed by atoms with E-state index in [1.165, 1.54) is 121 Å². The van der Waals surface area contributed by atoms with E-state index in [2.05, 4.69) is 41.9 Å². The number of carbonyl (C=O) groups is 12. The molecule has 8 aromatic carbocycles. The summed E-state index contributed by atoms with van der Waals surface area (Å²) in [4.78, 5) is 168. The number of amides is 16. The van der Waals surface area contributed by atoms with Crippen molar-refractivity contribution in [2.24, 2.45) is 9.98 Å². The summed E-state index contributed by atoms with van der Waals surface area (Å²) in [6, 6.07) is 40.7. The first-order valence-corrected chi connectivity index (χ1v) is 54.7. The number of nitrogens with one attached hydrogen (secondary N) is 10. The lowest BCUT2D eigenvalue weighted by Crippen LogP contribution is -2.43. The van der Waals surface area contributed by atoms with Crippen molar-refractivity contribution in [2.75, 3.05) is 97.9 Å². The number of nitrogens with zero attached hydrogens (tertiary/aromatic N) is 7. The second-order valence-corrected chi connectivity index (χ2v) is 48.2. The molecule has 54 heteroatoms. The number of carbonyl (C=O) groups excluding carboxylic acids is 12. The fourth-order valence-corrected chi connectivity index (χ4v) is 26.8. The van der Waals surface area contributed by atoms with Gasteiger partial charge in [0, 0.05) is 94.2 Å². The largest absolute Gasteiger partial charge is 0.476 e. The molecule has 16 amide bonds. The Morgan fingerprint density at radius 3 is 1.07 bits per heavy atom. The van der Waals surface area contributed by atoms with Gasteiger partial charge in [-0.15, -0.1) is 45.3 Å². The summed E-state index contributed by atoms with van der Waals surface area (Å²) in [7, 11) is -14.5. The van der Waals surface area contributed by atoms with Crippen LogP contribution in [0, 0.1) is 0 Å². The number of anilines is 10. The van der Waals surface area contributed by atoms with Gasteiger partial charge in [0.05, 0.1) is 99.0 Å². The summed E-state index contributed by atoms with van der Waals surface area (Å²) < 4.78 is 112. The maximum absolute atomic E-state index is 13.3. The van der Waals surface area contributed by atoms with Gasteiger partial charge in [-0.25, -0.2) is 96.3 Å². The molecule has 38 nitrogen and oxygen atoms in total. The average molecular weight is 2270 g/mol. The summed E-state index contributed by atoms with van der Waals surface area (Å²) in [5.74, 6) is -2.51. The van der Waals surface area contributed by atoms with Crippen LogP contribution in [-0.4, -0.2) is 168 Å². The number of rotatable bonds is 18. The highest BCUT2D eigenvalue weighted by atomic mass is 35.5. The van der Waals surface area contributed by atoms with E-state index in [4.69, 9.17) is 97.5 Å². The highest BCUT2D eigenvalue weighted by molar-refractivity contribution is 7.93. The Labute approximate surface area is 879 Å². The van der Waals surface area contributed by atoms with Crippen LogP contribution < -0.4 is 70.4 Å². The van der Waals surface area contributed by atoms with Gasteiger partial charge in [0.15, 0.2) is 0 Å². The first-order valence-electron chi connectivity index (χ1n) is 42.4. The summed E-state index contributed by atoms with van der Waals surface area (Å²) in [6.07, 6.45) is 1.61. The minimum atomic E-state index is -4.12. The number of hydrogen-bond donors (Lipinski definition) is 10. The molecule has 0 aliphatic carbocycles. The van der Waals surface area contributed by atoms with Crippen molar-refractivity contribution >= 4 is 318 Å². The van der Waals surface area contributed by atoms with Crippen molar-refractivity contribution < 1.29 is 95.9 Å². The third kappa shape index (κ3) is 22.5. The molecule has 0 unspecified atom stereocenters. The first-order chi connectivity index (χ1) is 68.9. The van der Waals surface area contributed by atoms with Gasteiger partial charge < -0.3 is 41.5 Å². The van der Waals surface area contributed by atoms with Crippen LogP contribution in [0.2, 0.25) is 37.4 Å². The maximum atomic E-state index is 13.3. The van der Waals surface area contributed by atoms with E-state index in [1.54, 1.807) is 36.4 Å². The summed E-state index contributed by atoms with van der Waals surface area (Å²) >= 11 is 51.8. The topological polar surface area (TPSA) is 512 Å². The van der Waals surface area contributed by atoms with E-state index in [9.17, 15) is 91.2 Å². The number of halogens is 8. The van der Waals surface area contributed by atoms with Gasteiger partial charge in [0.25, 0.3) is 63.7 Å². The molecule has 8 aliphatic rings. The summed E-state index contributed by atoms with van der Waals surface area (Å²) in [5.41, 5.74) is 10.8. The number of fused-ring (bicyclic) bond motifs is 7. The fraction of sp³-hybridized carbons (Fsp3) is 0.143. The molecule has 0 atom stereocenters. The second kappa shape index (κ2) is 42.1. The van der Waals surface area contributed by atoms with Crippen molar-refractivity contribution in [3.05, 3.63) is 286 Å². The van der Waals surface area contributed by atoms with Crippen LogP contribution in [-0.2, 0) is 103 Å². The van der Waals surface area contributed by atoms with E-state index in [-0.39, 0.29) is 125 Å². The van der Waals surface area contributed by atoms with Gasteiger partial charge in [-0.05, 0) is 222 Å². The molecule has 12 aromatic rings. The average Bonchev–Trinajstić information content (AvgIpc) is 1.69. The van der Waals surface area contributed by atoms with E-state index < -0.39 is 111 Å². The normalized spacial score (nSPS) is 15.1. The van der Waals surface area contributed by atoms with Crippen LogP contribution in [0.15, 0.2) is 209 Å². The fourth-order valence-electron chi connectivity index (χ4n) is 16.1. The molecule has 0 saturated heterocycles. The summed E-state index contributed by atoms with van der Waals surface area (Å²) in [5, 5.41) is 16.0. The van der Waals surface area contributed by atoms with Crippen LogP contribution in [0.3, 0.4) is 0 Å². The zero-order valence-electron chi connectivity index (χ0n) is 73.8.